The third-order valence-corrected chi connectivity index (χ3v) is 5.57. The third kappa shape index (κ3) is 3.42. The van der Waals surface area contributed by atoms with E-state index in [4.69, 9.17) is 16.0 Å². The molecule has 1 fully saturated rings. The number of halogens is 1. The molecule has 1 aromatic heterocycles. The Bertz CT molecular complexity index is 1090. The summed E-state index contributed by atoms with van der Waals surface area (Å²) in [5.74, 6) is 0.723. The standard InChI is InChI=1S/C23H21ClN2O3/c1-14-5-4-6-19(16(14)3)25-13-21(27)26(18-10-8-17(24)9-11-18)22(23(25)28)20-12-7-15(2)29-20/h4-12,22H,13H2,1-3H3. The van der Waals surface area contributed by atoms with E-state index in [9.17, 15) is 9.59 Å². The predicted octanol–water partition coefficient (Wildman–Crippen LogP) is 4.98. The molecule has 29 heavy (non-hydrogen) atoms. The fourth-order valence-electron chi connectivity index (χ4n) is 3.67. The van der Waals surface area contributed by atoms with Crippen molar-refractivity contribution < 1.29 is 14.0 Å². The second-order valence-electron chi connectivity index (χ2n) is 7.23. The SMILES string of the molecule is Cc1ccc(C2C(=O)N(c3cccc(C)c3C)CC(=O)N2c2ccc(Cl)cc2)o1. The fourth-order valence-corrected chi connectivity index (χ4v) is 3.79. The number of rotatable bonds is 3. The molecule has 1 saturated heterocycles. The van der Waals surface area contributed by atoms with Crippen LogP contribution in [0, 0.1) is 20.8 Å². The summed E-state index contributed by atoms with van der Waals surface area (Å²) >= 11 is 6.01. The van der Waals surface area contributed by atoms with Crippen molar-refractivity contribution in [1.82, 2.24) is 0 Å². The Morgan fingerprint density at radius 1 is 0.966 bits per heavy atom. The second kappa shape index (κ2) is 7.41. The molecule has 0 saturated carbocycles. The van der Waals surface area contributed by atoms with Gasteiger partial charge in [0, 0.05) is 16.4 Å². The Balaban J connectivity index is 1.83. The van der Waals surface area contributed by atoms with Crippen molar-refractivity contribution in [1.29, 1.82) is 0 Å². The first-order chi connectivity index (χ1) is 13.9. The van der Waals surface area contributed by atoms with Crippen LogP contribution in [0.15, 0.2) is 59.0 Å². The number of amides is 2. The van der Waals surface area contributed by atoms with Crippen LogP contribution < -0.4 is 9.80 Å². The first-order valence-corrected chi connectivity index (χ1v) is 9.76. The Kier molecular flexibility index (Phi) is 4.92. The number of anilines is 2. The van der Waals surface area contributed by atoms with Gasteiger partial charge in [0.1, 0.15) is 18.1 Å². The van der Waals surface area contributed by atoms with E-state index in [1.807, 2.05) is 39.0 Å². The van der Waals surface area contributed by atoms with Gasteiger partial charge in [0.05, 0.1) is 0 Å². The first kappa shape index (κ1) is 19.3. The third-order valence-electron chi connectivity index (χ3n) is 5.32. The van der Waals surface area contributed by atoms with E-state index in [1.54, 1.807) is 41.3 Å². The van der Waals surface area contributed by atoms with Gasteiger partial charge in [0.25, 0.3) is 5.91 Å². The van der Waals surface area contributed by atoms with Gasteiger partial charge < -0.3 is 9.32 Å². The average Bonchev–Trinajstić information content (AvgIpc) is 3.12. The molecule has 2 amide bonds. The number of aryl methyl sites for hydroxylation is 2. The van der Waals surface area contributed by atoms with E-state index in [0.29, 0.717) is 22.2 Å². The maximum atomic E-state index is 13.6. The van der Waals surface area contributed by atoms with E-state index in [-0.39, 0.29) is 18.4 Å². The zero-order chi connectivity index (χ0) is 20.7. The summed E-state index contributed by atoms with van der Waals surface area (Å²) in [5, 5.41) is 0.562. The summed E-state index contributed by atoms with van der Waals surface area (Å²) in [6, 6.07) is 15.3. The summed E-state index contributed by atoms with van der Waals surface area (Å²) in [7, 11) is 0. The van der Waals surface area contributed by atoms with Gasteiger partial charge in [-0.1, -0.05) is 23.7 Å². The van der Waals surface area contributed by atoms with Crippen molar-refractivity contribution in [2.24, 2.45) is 0 Å². The molecule has 1 aliphatic rings. The maximum Gasteiger partial charge on any atom is 0.258 e. The van der Waals surface area contributed by atoms with Crippen LogP contribution in [-0.2, 0) is 9.59 Å². The summed E-state index contributed by atoms with van der Waals surface area (Å²) < 4.78 is 5.79. The highest BCUT2D eigenvalue weighted by Gasteiger charge is 2.43. The molecule has 2 aromatic carbocycles. The molecule has 4 rings (SSSR count). The monoisotopic (exact) mass is 408 g/mol. The van der Waals surface area contributed by atoms with Crippen LogP contribution in [0.2, 0.25) is 5.02 Å². The molecule has 1 aliphatic heterocycles. The summed E-state index contributed by atoms with van der Waals surface area (Å²) in [6.07, 6.45) is 0. The molecular formula is C23H21ClN2O3. The summed E-state index contributed by atoms with van der Waals surface area (Å²) in [6.45, 7) is 5.72. The van der Waals surface area contributed by atoms with Gasteiger partial charge in [-0.25, -0.2) is 0 Å². The molecule has 6 heteroatoms. The van der Waals surface area contributed by atoms with Crippen LogP contribution in [0.25, 0.3) is 0 Å². The van der Waals surface area contributed by atoms with Gasteiger partial charge in [-0.2, -0.15) is 0 Å². The number of hydrogen-bond donors (Lipinski definition) is 0. The van der Waals surface area contributed by atoms with E-state index in [1.165, 1.54) is 4.90 Å². The van der Waals surface area contributed by atoms with Crippen LogP contribution >= 0.6 is 11.6 Å². The largest absolute Gasteiger partial charge is 0.464 e. The van der Waals surface area contributed by atoms with Gasteiger partial charge in [-0.05, 0) is 74.4 Å². The molecule has 3 aromatic rings. The topological polar surface area (TPSA) is 53.8 Å². The van der Waals surface area contributed by atoms with Crippen LogP contribution in [0.5, 0.6) is 0 Å². The highest BCUT2D eigenvalue weighted by molar-refractivity contribution is 6.30. The maximum absolute atomic E-state index is 13.6. The van der Waals surface area contributed by atoms with Crippen molar-refractivity contribution in [3.8, 4) is 0 Å². The van der Waals surface area contributed by atoms with E-state index in [2.05, 4.69) is 0 Å². The van der Waals surface area contributed by atoms with Crippen molar-refractivity contribution in [2.45, 2.75) is 26.8 Å². The minimum Gasteiger partial charge on any atom is -0.464 e. The zero-order valence-electron chi connectivity index (χ0n) is 16.5. The van der Waals surface area contributed by atoms with Gasteiger partial charge >= 0.3 is 0 Å². The highest BCUT2D eigenvalue weighted by atomic mass is 35.5. The Hall–Kier alpha value is -3.05. The number of nitrogens with zero attached hydrogens (tertiary/aromatic N) is 2. The second-order valence-corrected chi connectivity index (χ2v) is 7.67. The first-order valence-electron chi connectivity index (χ1n) is 9.38. The molecule has 0 spiro atoms. The Morgan fingerprint density at radius 3 is 2.34 bits per heavy atom. The van der Waals surface area contributed by atoms with Gasteiger partial charge in [0.15, 0.2) is 6.04 Å². The van der Waals surface area contributed by atoms with Gasteiger partial charge in [0.2, 0.25) is 5.91 Å². The number of hydrogen-bond acceptors (Lipinski definition) is 3. The summed E-state index contributed by atoms with van der Waals surface area (Å²) in [4.78, 5) is 29.9. The van der Waals surface area contributed by atoms with Crippen LogP contribution in [0.1, 0.15) is 28.7 Å². The quantitative estimate of drug-likeness (QED) is 0.614. The summed E-state index contributed by atoms with van der Waals surface area (Å²) in [5.41, 5.74) is 3.39. The van der Waals surface area contributed by atoms with E-state index >= 15 is 0 Å². The molecule has 1 atom stereocenters. The minimum absolute atomic E-state index is 0.0397. The van der Waals surface area contributed by atoms with Crippen LogP contribution in [-0.4, -0.2) is 18.4 Å². The molecule has 2 heterocycles. The van der Waals surface area contributed by atoms with Gasteiger partial charge in [-0.3, -0.25) is 14.5 Å². The number of furan rings is 1. The van der Waals surface area contributed by atoms with Crippen molar-refractivity contribution in [2.75, 3.05) is 16.3 Å². The lowest BCUT2D eigenvalue weighted by Crippen LogP contribution is -2.56. The highest BCUT2D eigenvalue weighted by Crippen LogP contribution is 2.36. The molecule has 1 unspecified atom stereocenters. The number of carbonyl (C=O) groups is 2. The lowest BCUT2D eigenvalue weighted by atomic mass is 10.0. The molecule has 5 nitrogen and oxygen atoms in total. The zero-order valence-corrected chi connectivity index (χ0v) is 17.2. The van der Waals surface area contributed by atoms with Crippen LogP contribution in [0.3, 0.4) is 0 Å². The number of benzene rings is 2. The van der Waals surface area contributed by atoms with Crippen molar-refractivity contribution in [3.63, 3.8) is 0 Å². The normalized spacial score (nSPS) is 17.2. The van der Waals surface area contributed by atoms with E-state index in [0.717, 1.165) is 16.8 Å². The predicted molar refractivity (Wildman–Crippen MR) is 113 cm³/mol. The smallest absolute Gasteiger partial charge is 0.258 e. The molecule has 0 N–H and O–H groups in total. The minimum atomic E-state index is -0.883. The lowest BCUT2D eigenvalue weighted by molar-refractivity contribution is -0.129. The lowest BCUT2D eigenvalue weighted by Gasteiger charge is -2.40. The van der Waals surface area contributed by atoms with E-state index < -0.39 is 6.04 Å². The number of carbonyl (C=O) groups excluding carboxylic acids is 2. The average molecular weight is 409 g/mol. The fraction of sp³-hybridized carbons (Fsp3) is 0.217. The molecule has 0 bridgehead atoms. The molecular weight excluding hydrogens is 388 g/mol. The Morgan fingerprint density at radius 2 is 1.69 bits per heavy atom. The van der Waals surface area contributed by atoms with Crippen LogP contribution in [0.4, 0.5) is 11.4 Å². The van der Waals surface area contributed by atoms with Crippen molar-refractivity contribution in [3.05, 3.63) is 82.3 Å². The molecule has 148 valence electrons. The molecule has 0 radical (unpaired) electrons. The molecule has 0 aliphatic carbocycles. The van der Waals surface area contributed by atoms with Crippen molar-refractivity contribution >= 4 is 34.8 Å². The number of piperazine rings is 1. The van der Waals surface area contributed by atoms with Gasteiger partial charge in [-0.15, -0.1) is 0 Å². The Labute approximate surface area is 174 Å².